The lowest BCUT2D eigenvalue weighted by Gasteiger charge is -2.29. The van der Waals surface area contributed by atoms with Gasteiger partial charge in [0.1, 0.15) is 12.2 Å². The maximum Gasteiger partial charge on any atom is 0.417 e. The first-order chi connectivity index (χ1) is 11.7. The second-order valence-electron chi connectivity index (χ2n) is 7.56. The molecule has 1 heterocycles. The summed E-state index contributed by atoms with van der Waals surface area (Å²) >= 11 is 0. The summed E-state index contributed by atoms with van der Waals surface area (Å²) in [5, 5.41) is 2.85. The maximum absolute atomic E-state index is 12.4. The zero-order chi connectivity index (χ0) is 19.0. The SMILES string of the molecule is CCCC(CNC(=O)COC)C[C@H]1CCC(=O)N1C(=O)OC(C)(C)C. The van der Waals surface area contributed by atoms with Gasteiger partial charge in [0, 0.05) is 26.1 Å². The Balaban J connectivity index is 2.69. The molecular formula is C18H32N2O5. The average molecular weight is 356 g/mol. The third kappa shape index (κ3) is 7.42. The lowest BCUT2D eigenvalue weighted by atomic mass is 9.94. The third-order valence-corrected chi connectivity index (χ3v) is 4.08. The Morgan fingerprint density at radius 1 is 1.36 bits per heavy atom. The maximum atomic E-state index is 12.4. The van der Waals surface area contributed by atoms with Gasteiger partial charge in [-0.1, -0.05) is 13.3 Å². The first-order valence-corrected chi connectivity index (χ1v) is 8.98. The number of nitrogens with one attached hydrogen (secondary N) is 1. The first kappa shape index (κ1) is 21.4. The van der Waals surface area contributed by atoms with Crippen molar-refractivity contribution in [2.75, 3.05) is 20.3 Å². The molecule has 7 heteroatoms. The van der Waals surface area contributed by atoms with Crippen molar-refractivity contribution in [2.24, 2.45) is 5.92 Å². The molecule has 144 valence electrons. The summed E-state index contributed by atoms with van der Waals surface area (Å²) in [5.74, 6) is -0.139. The van der Waals surface area contributed by atoms with Gasteiger partial charge in [-0.15, -0.1) is 0 Å². The number of hydrogen-bond acceptors (Lipinski definition) is 5. The number of hydrogen-bond donors (Lipinski definition) is 1. The number of carbonyl (C=O) groups excluding carboxylic acids is 3. The summed E-state index contributed by atoms with van der Waals surface area (Å²) < 4.78 is 10.2. The van der Waals surface area contributed by atoms with Crippen LogP contribution in [0.2, 0.25) is 0 Å². The van der Waals surface area contributed by atoms with Crippen molar-refractivity contribution < 1.29 is 23.9 Å². The summed E-state index contributed by atoms with van der Waals surface area (Å²) in [6.45, 7) is 7.98. The van der Waals surface area contributed by atoms with E-state index in [1.807, 2.05) is 0 Å². The van der Waals surface area contributed by atoms with E-state index in [9.17, 15) is 14.4 Å². The molecule has 0 saturated carbocycles. The van der Waals surface area contributed by atoms with Gasteiger partial charge < -0.3 is 14.8 Å². The molecule has 1 saturated heterocycles. The Morgan fingerprint density at radius 2 is 2.04 bits per heavy atom. The van der Waals surface area contributed by atoms with Gasteiger partial charge in [-0.05, 0) is 46.0 Å². The number of likely N-dealkylation sites (tertiary alicyclic amines) is 1. The fourth-order valence-corrected chi connectivity index (χ4v) is 3.07. The fourth-order valence-electron chi connectivity index (χ4n) is 3.07. The molecular weight excluding hydrogens is 324 g/mol. The summed E-state index contributed by atoms with van der Waals surface area (Å²) in [6.07, 6.45) is 2.99. The van der Waals surface area contributed by atoms with Crippen LogP contribution in [0.5, 0.6) is 0 Å². The summed E-state index contributed by atoms with van der Waals surface area (Å²) in [6, 6.07) is -0.168. The number of methoxy groups -OCH3 is 1. The van der Waals surface area contributed by atoms with Crippen molar-refractivity contribution in [3.8, 4) is 0 Å². The highest BCUT2D eigenvalue weighted by atomic mass is 16.6. The topological polar surface area (TPSA) is 84.9 Å². The fraction of sp³-hybridized carbons (Fsp3) is 0.833. The van der Waals surface area contributed by atoms with Crippen molar-refractivity contribution >= 4 is 17.9 Å². The number of ether oxygens (including phenoxy) is 2. The zero-order valence-corrected chi connectivity index (χ0v) is 16.1. The molecule has 0 spiro atoms. The van der Waals surface area contributed by atoms with E-state index >= 15 is 0 Å². The molecule has 1 aliphatic heterocycles. The first-order valence-electron chi connectivity index (χ1n) is 8.98. The lowest BCUT2D eigenvalue weighted by molar-refractivity contribution is -0.128. The van der Waals surface area contributed by atoms with Crippen molar-refractivity contribution in [1.82, 2.24) is 10.2 Å². The van der Waals surface area contributed by atoms with E-state index in [1.54, 1.807) is 20.8 Å². The van der Waals surface area contributed by atoms with E-state index < -0.39 is 11.7 Å². The summed E-state index contributed by atoms with van der Waals surface area (Å²) in [4.78, 5) is 37.4. The quantitative estimate of drug-likeness (QED) is 0.722. The molecule has 2 atom stereocenters. The Labute approximate surface area is 150 Å². The average Bonchev–Trinajstić information content (AvgIpc) is 2.84. The number of carbonyl (C=O) groups is 3. The van der Waals surface area contributed by atoms with E-state index in [0.717, 1.165) is 12.8 Å². The minimum Gasteiger partial charge on any atom is -0.443 e. The molecule has 1 rings (SSSR count). The van der Waals surface area contributed by atoms with Crippen LogP contribution in [0.4, 0.5) is 4.79 Å². The van der Waals surface area contributed by atoms with E-state index in [-0.39, 0.29) is 30.4 Å². The van der Waals surface area contributed by atoms with Gasteiger partial charge in [0.15, 0.2) is 0 Å². The minimum atomic E-state index is -0.637. The van der Waals surface area contributed by atoms with Crippen molar-refractivity contribution in [3.05, 3.63) is 0 Å². The Kier molecular flexibility index (Phi) is 8.35. The molecule has 3 amide bonds. The molecule has 0 aliphatic carbocycles. The molecule has 0 bridgehead atoms. The standard InChI is InChI=1S/C18H32N2O5/c1-6-7-13(11-19-15(21)12-24-5)10-14-8-9-16(22)20(14)17(23)25-18(2,3)4/h13-14H,6-12H2,1-5H3,(H,19,21)/t13?,14-/m1/s1. The lowest BCUT2D eigenvalue weighted by Crippen LogP contribution is -2.43. The van der Waals surface area contributed by atoms with Gasteiger partial charge in [-0.2, -0.15) is 0 Å². The monoisotopic (exact) mass is 356 g/mol. The highest BCUT2D eigenvalue weighted by Crippen LogP contribution is 2.28. The Hall–Kier alpha value is -1.63. The molecule has 0 aromatic heterocycles. The van der Waals surface area contributed by atoms with Gasteiger partial charge in [0.05, 0.1) is 0 Å². The highest BCUT2D eigenvalue weighted by Gasteiger charge is 2.39. The third-order valence-electron chi connectivity index (χ3n) is 4.08. The molecule has 0 aromatic carbocycles. The molecule has 1 unspecified atom stereocenters. The number of rotatable bonds is 8. The number of amides is 3. The minimum absolute atomic E-state index is 0.0325. The van der Waals surface area contributed by atoms with Gasteiger partial charge in [0.2, 0.25) is 11.8 Å². The van der Waals surface area contributed by atoms with E-state index in [2.05, 4.69) is 12.2 Å². The van der Waals surface area contributed by atoms with Gasteiger partial charge in [0.25, 0.3) is 0 Å². The van der Waals surface area contributed by atoms with Gasteiger partial charge >= 0.3 is 6.09 Å². The van der Waals surface area contributed by atoms with Crippen LogP contribution in [-0.2, 0) is 19.1 Å². The van der Waals surface area contributed by atoms with Crippen LogP contribution in [-0.4, -0.2) is 54.7 Å². The van der Waals surface area contributed by atoms with Crippen molar-refractivity contribution in [2.45, 2.75) is 71.4 Å². The molecule has 0 aromatic rings. The summed E-state index contributed by atoms with van der Waals surface area (Å²) in [5.41, 5.74) is -0.637. The second-order valence-corrected chi connectivity index (χ2v) is 7.56. The number of imide groups is 1. The molecule has 0 radical (unpaired) electrons. The Bertz CT molecular complexity index is 473. The van der Waals surface area contributed by atoms with Crippen LogP contribution in [0, 0.1) is 5.92 Å². The van der Waals surface area contributed by atoms with Gasteiger partial charge in [-0.3, -0.25) is 9.59 Å². The smallest absolute Gasteiger partial charge is 0.417 e. The van der Waals surface area contributed by atoms with E-state index in [4.69, 9.17) is 9.47 Å². The molecule has 1 fully saturated rings. The van der Waals surface area contributed by atoms with Crippen LogP contribution in [0.25, 0.3) is 0 Å². The Morgan fingerprint density at radius 3 is 2.60 bits per heavy atom. The van der Waals surface area contributed by atoms with Crippen LogP contribution in [0.1, 0.15) is 59.8 Å². The largest absolute Gasteiger partial charge is 0.443 e. The van der Waals surface area contributed by atoms with E-state index in [1.165, 1.54) is 12.0 Å². The summed E-state index contributed by atoms with van der Waals surface area (Å²) in [7, 11) is 1.48. The second kappa shape index (κ2) is 9.75. The van der Waals surface area contributed by atoms with Gasteiger partial charge in [-0.25, -0.2) is 9.69 Å². The van der Waals surface area contributed by atoms with Crippen LogP contribution in [0.3, 0.4) is 0 Å². The van der Waals surface area contributed by atoms with Crippen LogP contribution in [0.15, 0.2) is 0 Å². The molecule has 25 heavy (non-hydrogen) atoms. The predicted molar refractivity (Wildman–Crippen MR) is 94.0 cm³/mol. The zero-order valence-electron chi connectivity index (χ0n) is 16.1. The van der Waals surface area contributed by atoms with Crippen molar-refractivity contribution in [1.29, 1.82) is 0 Å². The van der Waals surface area contributed by atoms with E-state index in [0.29, 0.717) is 25.8 Å². The highest BCUT2D eigenvalue weighted by molar-refractivity contribution is 5.94. The molecule has 1 aliphatic rings. The van der Waals surface area contributed by atoms with Crippen LogP contribution < -0.4 is 5.32 Å². The van der Waals surface area contributed by atoms with Crippen LogP contribution >= 0.6 is 0 Å². The number of nitrogens with zero attached hydrogens (tertiary/aromatic N) is 1. The predicted octanol–water partition coefficient (Wildman–Crippen LogP) is 2.48. The molecule has 7 nitrogen and oxygen atoms in total. The normalized spacial score (nSPS) is 19.0. The molecule has 1 N–H and O–H groups in total. The van der Waals surface area contributed by atoms with Crippen molar-refractivity contribution in [3.63, 3.8) is 0 Å².